The molecule has 2 N–H and O–H groups in total. The summed E-state index contributed by atoms with van der Waals surface area (Å²) in [5, 5.41) is 2.39. The zero-order valence-corrected chi connectivity index (χ0v) is 22.9. The third kappa shape index (κ3) is 8.85. The standard InChI is InChI=1S/C31H42N2O4/c1-6-35-29(36-7-2)22-33(20-19-25-13-10-12-24-11-8-9-14-27(24)25)30(34)28(32)21-23-15-17-26(18-16-23)37-31(3,4)5/h8-18,28-29H,6-7,19-22,32H2,1-5H3/t28-/m0/s1. The lowest BCUT2D eigenvalue weighted by Gasteiger charge is -2.30. The fourth-order valence-corrected chi connectivity index (χ4v) is 4.39. The first-order chi connectivity index (χ1) is 17.7. The molecule has 0 saturated carbocycles. The maximum absolute atomic E-state index is 13.6. The van der Waals surface area contributed by atoms with Crippen LogP contribution in [-0.2, 0) is 27.1 Å². The molecule has 3 aromatic carbocycles. The van der Waals surface area contributed by atoms with Crippen molar-refractivity contribution in [2.75, 3.05) is 26.3 Å². The number of nitrogens with zero attached hydrogens (tertiary/aromatic N) is 1. The van der Waals surface area contributed by atoms with Crippen LogP contribution in [0.25, 0.3) is 10.8 Å². The molecule has 3 aromatic rings. The molecule has 0 aliphatic carbocycles. The third-order valence-corrected chi connectivity index (χ3v) is 6.04. The molecule has 0 aromatic heterocycles. The van der Waals surface area contributed by atoms with Crippen LogP contribution in [0, 0.1) is 0 Å². The number of hydrogen-bond acceptors (Lipinski definition) is 5. The maximum atomic E-state index is 13.6. The molecular formula is C31H42N2O4. The number of rotatable bonds is 13. The molecule has 37 heavy (non-hydrogen) atoms. The summed E-state index contributed by atoms with van der Waals surface area (Å²) in [5.74, 6) is 0.684. The second kappa shape index (κ2) is 13.6. The molecule has 0 saturated heterocycles. The molecule has 0 unspecified atom stereocenters. The number of carbonyl (C=O) groups excluding carboxylic acids is 1. The van der Waals surface area contributed by atoms with E-state index >= 15 is 0 Å². The zero-order valence-electron chi connectivity index (χ0n) is 22.9. The van der Waals surface area contributed by atoms with Gasteiger partial charge in [-0.15, -0.1) is 0 Å². The Balaban J connectivity index is 1.74. The Labute approximate surface area is 221 Å². The van der Waals surface area contributed by atoms with Gasteiger partial charge in [-0.1, -0.05) is 54.6 Å². The number of hydrogen-bond donors (Lipinski definition) is 1. The molecule has 200 valence electrons. The quantitative estimate of drug-likeness (QED) is 0.316. The number of nitrogens with two attached hydrogens (primary N) is 1. The first-order valence-electron chi connectivity index (χ1n) is 13.2. The molecule has 3 rings (SSSR count). The van der Waals surface area contributed by atoms with E-state index < -0.39 is 12.3 Å². The summed E-state index contributed by atoms with van der Waals surface area (Å²) in [6.45, 7) is 11.8. The van der Waals surface area contributed by atoms with E-state index in [4.69, 9.17) is 19.9 Å². The van der Waals surface area contributed by atoms with Gasteiger partial charge in [0.25, 0.3) is 0 Å². The molecule has 0 fully saturated rings. The molecule has 1 atom stereocenters. The SMILES string of the molecule is CCOC(CN(CCc1cccc2ccccc12)C(=O)[C@@H](N)Cc1ccc(OC(C)(C)C)cc1)OCC. The van der Waals surface area contributed by atoms with E-state index in [1.54, 1.807) is 4.90 Å². The minimum absolute atomic E-state index is 0.111. The van der Waals surface area contributed by atoms with Crippen LogP contribution in [0.3, 0.4) is 0 Å². The summed E-state index contributed by atoms with van der Waals surface area (Å²) in [7, 11) is 0. The molecule has 0 aliphatic heterocycles. The van der Waals surface area contributed by atoms with Crippen LogP contribution in [-0.4, -0.2) is 55.0 Å². The van der Waals surface area contributed by atoms with Crippen LogP contribution in [0.4, 0.5) is 0 Å². The van der Waals surface area contributed by atoms with Crippen LogP contribution < -0.4 is 10.5 Å². The highest BCUT2D eigenvalue weighted by Crippen LogP contribution is 2.21. The van der Waals surface area contributed by atoms with Gasteiger partial charge in [-0.05, 0) is 81.5 Å². The lowest BCUT2D eigenvalue weighted by atomic mass is 10.0. The summed E-state index contributed by atoms with van der Waals surface area (Å²) in [5.41, 5.74) is 8.39. The van der Waals surface area contributed by atoms with E-state index in [1.165, 1.54) is 16.3 Å². The van der Waals surface area contributed by atoms with E-state index in [2.05, 4.69) is 30.3 Å². The van der Waals surface area contributed by atoms with Gasteiger partial charge in [-0.25, -0.2) is 0 Å². The van der Waals surface area contributed by atoms with Gasteiger partial charge in [-0.2, -0.15) is 0 Å². The van der Waals surface area contributed by atoms with Gasteiger partial charge < -0.3 is 24.8 Å². The fraction of sp³-hybridized carbons (Fsp3) is 0.452. The van der Waals surface area contributed by atoms with E-state index in [9.17, 15) is 4.79 Å². The van der Waals surface area contributed by atoms with Crippen molar-refractivity contribution in [3.63, 3.8) is 0 Å². The Hall–Kier alpha value is -2.93. The van der Waals surface area contributed by atoms with Gasteiger partial charge in [0.2, 0.25) is 5.91 Å². The Kier molecular flexibility index (Phi) is 10.5. The van der Waals surface area contributed by atoms with Crippen molar-refractivity contribution in [2.24, 2.45) is 5.73 Å². The Bertz CT molecular complexity index is 1110. The normalized spacial score (nSPS) is 12.6. The van der Waals surface area contributed by atoms with Crippen molar-refractivity contribution in [1.82, 2.24) is 4.90 Å². The predicted octanol–water partition coefficient (Wildman–Crippen LogP) is 5.36. The minimum atomic E-state index is -0.675. The first-order valence-corrected chi connectivity index (χ1v) is 13.2. The summed E-state index contributed by atoms with van der Waals surface area (Å²) < 4.78 is 17.4. The third-order valence-electron chi connectivity index (χ3n) is 6.04. The average molecular weight is 507 g/mol. The van der Waals surface area contributed by atoms with Crippen LogP contribution in [0.2, 0.25) is 0 Å². The van der Waals surface area contributed by atoms with Crippen LogP contribution in [0.15, 0.2) is 66.7 Å². The molecule has 0 aliphatic rings. The van der Waals surface area contributed by atoms with E-state index in [-0.39, 0.29) is 11.5 Å². The topological polar surface area (TPSA) is 74.0 Å². The molecule has 0 bridgehead atoms. The van der Waals surface area contributed by atoms with Crippen LogP contribution >= 0.6 is 0 Å². The maximum Gasteiger partial charge on any atom is 0.240 e. The molecule has 0 heterocycles. The second-order valence-corrected chi connectivity index (χ2v) is 10.2. The average Bonchev–Trinajstić information content (AvgIpc) is 2.86. The second-order valence-electron chi connectivity index (χ2n) is 10.2. The van der Waals surface area contributed by atoms with E-state index in [0.29, 0.717) is 39.1 Å². The first kappa shape index (κ1) is 28.6. The van der Waals surface area contributed by atoms with Gasteiger partial charge in [-0.3, -0.25) is 4.79 Å². The van der Waals surface area contributed by atoms with Crippen molar-refractivity contribution in [3.05, 3.63) is 77.9 Å². The van der Waals surface area contributed by atoms with Gasteiger partial charge >= 0.3 is 0 Å². The van der Waals surface area contributed by atoms with E-state index in [1.807, 2.05) is 71.0 Å². The summed E-state index contributed by atoms with van der Waals surface area (Å²) in [6, 6.07) is 21.7. The highest BCUT2D eigenvalue weighted by atomic mass is 16.7. The predicted molar refractivity (Wildman–Crippen MR) is 150 cm³/mol. The largest absolute Gasteiger partial charge is 0.488 e. The number of carbonyl (C=O) groups is 1. The molecule has 0 spiro atoms. The molecule has 1 amide bonds. The summed E-state index contributed by atoms with van der Waals surface area (Å²) >= 11 is 0. The number of benzene rings is 3. The van der Waals surface area contributed by atoms with Crippen LogP contribution in [0.1, 0.15) is 45.7 Å². The van der Waals surface area contributed by atoms with Crippen molar-refractivity contribution < 1.29 is 19.0 Å². The lowest BCUT2D eigenvalue weighted by Crippen LogP contribution is -2.49. The van der Waals surface area contributed by atoms with Crippen molar-refractivity contribution in [3.8, 4) is 5.75 Å². The summed E-state index contributed by atoms with van der Waals surface area (Å²) in [4.78, 5) is 15.4. The van der Waals surface area contributed by atoms with Gasteiger partial charge in [0.05, 0.1) is 12.6 Å². The van der Waals surface area contributed by atoms with Crippen molar-refractivity contribution in [1.29, 1.82) is 0 Å². The number of amides is 1. The number of fused-ring (bicyclic) bond motifs is 1. The number of ether oxygens (including phenoxy) is 3. The highest BCUT2D eigenvalue weighted by molar-refractivity contribution is 5.86. The van der Waals surface area contributed by atoms with Gasteiger partial charge in [0, 0.05) is 19.8 Å². The zero-order chi connectivity index (χ0) is 26.8. The monoisotopic (exact) mass is 506 g/mol. The summed E-state index contributed by atoms with van der Waals surface area (Å²) in [6.07, 6.45) is 0.657. The van der Waals surface area contributed by atoms with E-state index in [0.717, 1.165) is 11.3 Å². The Morgan fingerprint density at radius 2 is 1.57 bits per heavy atom. The van der Waals surface area contributed by atoms with Gasteiger partial charge in [0.1, 0.15) is 11.4 Å². The fourth-order valence-electron chi connectivity index (χ4n) is 4.39. The molecule has 0 radical (unpaired) electrons. The van der Waals surface area contributed by atoms with Gasteiger partial charge in [0.15, 0.2) is 6.29 Å². The highest BCUT2D eigenvalue weighted by Gasteiger charge is 2.25. The molecular weight excluding hydrogens is 464 g/mol. The van der Waals surface area contributed by atoms with Crippen molar-refractivity contribution >= 4 is 16.7 Å². The minimum Gasteiger partial charge on any atom is -0.488 e. The van der Waals surface area contributed by atoms with Crippen molar-refractivity contribution in [2.45, 2.75) is 65.4 Å². The lowest BCUT2D eigenvalue weighted by molar-refractivity contribution is -0.159. The van der Waals surface area contributed by atoms with Crippen LogP contribution in [0.5, 0.6) is 5.75 Å². The molecule has 6 heteroatoms. The molecule has 6 nitrogen and oxygen atoms in total. The Morgan fingerprint density at radius 1 is 0.919 bits per heavy atom. The smallest absolute Gasteiger partial charge is 0.240 e. The Morgan fingerprint density at radius 3 is 2.22 bits per heavy atom.